The fourth-order valence-corrected chi connectivity index (χ4v) is 1.80. The van der Waals surface area contributed by atoms with Crippen molar-refractivity contribution in [2.45, 2.75) is 13.8 Å². The minimum Gasteiger partial charge on any atom is -0.461 e. The average Bonchev–Trinajstić information content (AvgIpc) is 2.81. The smallest absolute Gasteiger partial charge is 0.358 e. The van der Waals surface area contributed by atoms with Crippen LogP contribution in [-0.2, 0) is 4.74 Å². The van der Waals surface area contributed by atoms with Crippen molar-refractivity contribution in [1.29, 1.82) is 0 Å². The molecule has 0 N–H and O–H groups in total. The number of benzene rings is 1. The van der Waals surface area contributed by atoms with Crippen molar-refractivity contribution in [3.05, 3.63) is 52.1 Å². The number of nitrogens with zero attached hydrogens (tertiary/aromatic N) is 3. The van der Waals surface area contributed by atoms with Gasteiger partial charge in [-0.25, -0.2) is 9.78 Å². The van der Waals surface area contributed by atoms with Crippen molar-refractivity contribution >= 4 is 11.7 Å². The van der Waals surface area contributed by atoms with E-state index in [1.807, 2.05) is 0 Å². The molecule has 0 aliphatic rings. The molecule has 0 spiro atoms. The largest absolute Gasteiger partial charge is 0.461 e. The standard InChI is InChI=1S/C13H13N3O4/c1-3-20-13(17)12-9(2)15(8-14-12)10-4-6-11(7-5-10)16(18)19/h4-8H,3H2,1-2H3. The minimum atomic E-state index is -0.481. The molecule has 104 valence electrons. The van der Waals surface area contributed by atoms with Gasteiger partial charge in [0.25, 0.3) is 5.69 Å². The van der Waals surface area contributed by atoms with Crippen LogP contribution in [0.2, 0.25) is 0 Å². The molecule has 0 bridgehead atoms. The number of nitro benzene ring substituents is 1. The third-order valence-electron chi connectivity index (χ3n) is 2.81. The Labute approximate surface area is 115 Å². The molecule has 0 unspecified atom stereocenters. The molecule has 7 heteroatoms. The zero-order chi connectivity index (χ0) is 14.7. The summed E-state index contributed by atoms with van der Waals surface area (Å²) in [5.41, 5.74) is 1.57. The molecule has 7 nitrogen and oxygen atoms in total. The Kier molecular flexibility index (Phi) is 3.79. The first-order chi connectivity index (χ1) is 9.54. The Morgan fingerprint density at radius 1 is 1.40 bits per heavy atom. The van der Waals surface area contributed by atoms with Crippen LogP contribution in [0, 0.1) is 17.0 Å². The number of carbonyl (C=O) groups is 1. The van der Waals surface area contributed by atoms with Gasteiger partial charge in [-0.3, -0.25) is 10.1 Å². The van der Waals surface area contributed by atoms with Crippen molar-refractivity contribution in [3.63, 3.8) is 0 Å². The summed E-state index contributed by atoms with van der Waals surface area (Å²) in [5.74, 6) is -0.481. The molecule has 20 heavy (non-hydrogen) atoms. The molecule has 0 radical (unpaired) electrons. The van der Waals surface area contributed by atoms with E-state index < -0.39 is 10.9 Å². The second-order valence-corrected chi connectivity index (χ2v) is 4.04. The maximum Gasteiger partial charge on any atom is 0.358 e. The number of aromatic nitrogens is 2. The van der Waals surface area contributed by atoms with Crippen LogP contribution >= 0.6 is 0 Å². The average molecular weight is 275 g/mol. The molecule has 0 aliphatic heterocycles. The molecule has 0 aliphatic carbocycles. The van der Waals surface area contributed by atoms with E-state index in [1.54, 1.807) is 30.5 Å². The summed E-state index contributed by atoms with van der Waals surface area (Å²) in [7, 11) is 0. The lowest BCUT2D eigenvalue weighted by Gasteiger charge is -2.05. The van der Waals surface area contributed by atoms with E-state index in [1.165, 1.54) is 18.5 Å². The Balaban J connectivity index is 2.34. The summed E-state index contributed by atoms with van der Waals surface area (Å²) in [4.78, 5) is 25.8. The van der Waals surface area contributed by atoms with E-state index in [0.717, 1.165) is 0 Å². The SMILES string of the molecule is CCOC(=O)c1ncn(-c2ccc([N+](=O)[O-])cc2)c1C. The zero-order valence-electron chi connectivity index (χ0n) is 11.1. The van der Waals surface area contributed by atoms with Crippen LogP contribution in [0.4, 0.5) is 5.69 Å². The number of carbonyl (C=O) groups excluding carboxylic acids is 1. The molecule has 0 saturated heterocycles. The van der Waals surface area contributed by atoms with E-state index in [9.17, 15) is 14.9 Å². The van der Waals surface area contributed by atoms with Crippen molar-refractivity contribution in [3.8, 4) is 5.69 Å². The Morgan fingerprint density at radius 2 is 2.05 bits per heavy atom. The van der Waals surface area contributed by atoms with E-state index >= 15 is 0 Å². The van der Waals surface area contributed by atoms with Gasteiger partial charge < -0.3 is 9.30 Å². The highest BCUT2D eigenvalue weighted by Gasteiger charge is 2.16. The maximum atomic E-state index is 11.7. The molecule has 2 rings (SSSR count). The van der Waals surface area contributed by atoms with Gasteiger partial charge in [0.1, 0.15) is 6.33 Å². The van der Waals surface area contributed by atoms with Crippen molar-refractivity contribution in [1.82, 2.24) is 9.55 Å². The van der Waals surface area contributed by atoms with Crippen LogP contribution in [0.15, 0.2) is 30.6 Å². The molecular formula is C13H13N3O4. The summed E-state index contributed by atoms with van der Waals surface area (Å²) in [6, 6.07) is 6.00. The molecular weight excluding hydrogens is 262 g/mol. The van der Waals surface area contributed by atoms with Gasteiger partial charge in [-0.1, -0.05) is 0 Å². The number of hydrogen-bond donors (Lipinski definition) is 0. The highest BCUT2D eigenvalue weighted by molar-refractivity contribution is 5.88. The normalized spacial score (nSPS) is 10.3. The highest BCUT2D eigenvalue weighted by Crippen LogP contribution is 2.18. The van der Waals surface area contributed by atoms with Crippen LogP contribution in [-0.4, -0.2) is 27.1 Å². The van der Waals surface area contributed by atoms with E-state index in [0.29, 0.717) is 11.4 Å². The van der Waals surface area contributed by atoms with Crippen molar-refractivity contribution in [2.24, 2.45) is 0 Å². The van der Waals surface area contributed by atoms with Crippen molar-refractivity contribution in [2.75, 3.05) is 6.61 Å². The third kappa shape index (κ3) is 2.51. The lowest BCUT2D eigenvalue weighted by atomic mass is 10.2. The molecule has 1 aromatic carbocycles. The summed E-state index contributed by atoms with van der Waals surface area (Å²) in [5, 5.41) is 10.6. The lowest BCUT2D eigenvalue weighted by molar-refractivity contribution is -0.384. The summed E-state index contributed by atoms with van der Waals surface area (Å²) in [6.45, 7) is 3.74. The number of non-ortho nitro benzene ring substituents is 1. The van der Waals surface area contributed by atoms with Gasteiger partial charge in [0, 0.05) is 17.8 Å². The van der Waals surface area contributed by atoms with Gasteiger partial charge in [0.15, 0.2) is 5.69 Å². The fraction of sp³-hybridized carbons (Fsp3) is 0.231. The quantitative estimate of drug-likeness (QED) is 0.485. The third-order valence-corrected chi connectivity index (χ3v) is 2.81. The van der Waals surface area contributed by atoms with Crippen LogP contribution < -0.4 is 0 Å². The molecule has 1 heterocycles. The number of hydrogen-bond acceptors (Lipinski definition) is 5. The molecule has 0 amide bonds. The first-order valence-electron chi connectivity index (χ1n) is 6.00. The number of nitro groups is 1. The summed E-state index contributed by atoms with van der Waals surface area (Å²) < 4.78 is 6.58. The second-order valence-electron chi connectivity index (χ2n) is 4.04. The zero-order valence-corrected chi connectivity index (χ0v) is 11.1. The number of ether oxygens (including phenoxy) is 1. The van der Waals surface area contributed by atoms with Gasteiger partial charge >= 0.3 is 5.97 Å². The first kappa shape index (κ1) is 13.7. The number of imidazole rings is 1. The predicted octanol–water partition coefficient (Wildman–Crippen LogP) is 2.27. The first-order valence-corrected chi connectivity index (χ1v) is 6.00. The van der Waals surface area contributed by atoms with Gasteiger partial charge in [-0.05, 0) is 26.0 Å². The van der Waals surface area contributed by atoms with Crippen LogP contribution in [0.1, 0.15) is 23.1 Å². The van der Waals surface area contributed by atoms with Gasteiger partial charge in [-0.2, -0.15) is 0 Å². The molecule has 1 aromatic heterocycles. The Bertz CT molecular complexity index is 646. The number of esters is 1. The fourth-order valence-electron chi connectivity index (χ4n) is 1.80. The van der Waals surface area contributed by atoms with E-state index in [-0.39, 0.29) is 18.0 Å². The maximum absolute atomic E-state index is 11.7. The van der Waals surface area contributed by atoms with Crippen LogP contribution in [0.5, 0.6) is 0 Å². The second kappa shape index (κ2) is 5.52. The molecule has 2 aromatic rings. The summed E-state index contributed by atoms with van der Waals surface area (Å²) in [6.07, 6.45) is 1.49. The monoisotopic (exact) mass is 275 g/mol. The molecule has 0 atom stereocenters. The summed E-state index contributed by atoms with van der Waals surface area (Å²) >= 11 is 0. The van der Waals surface area contributed by atoms with E-state index in [4.69, 9.17) is 4.74 Å². The van der Waals surface area contributed by atoms with E-state index in [2.05, 4.69) is 4.98 Å². The minimum absolute atomic E-state index is 0.0112. The Morgan fingerprint density at radius 3 is 2.60 bits per heavy atom. The van der Waals surface area contributed by atoms with Gasteiger partial charge in [0.05, 0.1) is 17.2 Å². The van der Waals surface area contributed by atoms with Gasteiger partial charge in [0.2, 0.25) is 0 Å². The topological polar surface area (TPSA) is 87.3 Å². The Hall–Kier alpha value is -2.70. The van der Waals surface area contributed by atoms with Crippen LogP contribution in [0.3, 0.4) is 0 Å². The number of rotatable bonds is 4. The molecule has 0 fully saturated rings. The lowest BCUT2D eigenvalue weighted by Crippen LogP contribution is -2.07. The predicted molar refractivity (Wildman–Crippen MR) is 70.9 cm³/mol. The molecule has 0 saturated carbocycles. The van der Waals surface area contributed by atoms with Crippen LogP contribution in [0.25, 0.3) is 5.69 Å². The van der Waals surface area contributed by atoms with Crippen molar-refractivity contribution < 1.29 is 14.5 Å². The highest BCUT2D eigenvalue weighted by atomic mass is 16.6. The van der Waals surface area contributed by atoms with Gasteiger partial charge in [-0.15, -0.1) is 0 Å².